The van der Waals surface area contributed by atoms with Gasteiger partial charge in [-0.15, -0.1) is 0 Å². The lowest BCUT2D eigenvalue weighted by Crippen LogP contribution is -2.33. The minimum Gasteiger partial charge on any atom is -0.390 e. The van der Waals surface area contributed by atoms with Crippen molar-refractivity contribution in [2.45, 2.75) is 44.5 Å². The van der Waals surface area contributed by atoms with Crippen LogP contribution in [0.5, 0.6) is 0 Å². The molecule has 0 saturated heterocycles. The molecule has 0 aliphatic rings. The number of rotatable bonds is 7. The van der Waals surface area contributed by atoms with Gasteiger partial charge < -0.3 is 5.11 Å². The van der Waals surface area contributed by atoms with Crippen LogP contribution in [0.2, 0.25) is 0 Å². The molecule has 32 heavy (non-hydrogen) atoms. The van der Waals surface area contributed by atoms with Crippen LogP contribution in [0.25, 0.3) is 28.1 Å². The molecule has 3 aromatic heterocycles. The van der Waals surface area contributed by atoms with E-state index in [1.54, 1.807) is 23.1 Å². The molecule has 4 rings (SSSR count). The Kier molecular flexibility index (Phi) is 6.14. The van der Waals surface area contributed by atoms with Crippen LogP contribution in [-0.2, 0) is 17.6 Å². The first kappa shape index (κ1) is 22.2. The summed E-state index contributed by atoms with van der Waals surface area (Å²) < 4.78 is 13.1. The van der Waals surface area contributed by atoms with Gasteiger partial charge in [-0.05, 0) is 50.5 Å². The zero-order valence-corrected chi connectivity index (χ0v) is 19.1. The molecule has 0 aliphatic carbocycles. The Hall–Kier alpha value is -3.01. The molecule has 0 spiro atoms. The first-order chi connectivity index (χ1) is 15.3. The van der Waals surface area contributed by atoms with E-state index in [1.165, 1.54) is 0 Å². The van der Waals surface area contributed by atoms with Gasteiger partial charge in [0.2, 0.25) is 0 Å². The fourth-order valence-corrected chi connectivity index (χ4v) is 4.14. The van der Waals surface area contributed by atoms with Crippen molar-refractivity contribution in [1.82, 2.24) is 24.7 Å². The second-order valence-electron chi connectivity index (χ2n) is 8.44. The predicted octanol–water partition coefficient (Wildman–Crippen LogP) is 3.26. The quantitative estimate of drug-likeness (QED) is 0.446. The molecule has 3 N–H and O–H groups in total. The Bertz CT molecular complexity index is 1290. The fraction of sp³-hybridized carbons (Fsp3) is 0.304. The summed E-state index contributed by atoms with van der Waals surface area (Å²) in [5.74, 6) is 1.30. The van der Waals surface area contributed by atoms with Crippen molar-refractivity contribution in [2.75, 3.05) is 0 Å². The van der Waals surface area contributed by atoms with Crippen LogP contribution in [0.15, 0.2) is 54.9 Å². The van der Waals surface area contributed by atoms with Gasteiger partial charge in [0.05, 0.1) is 39.7 Å². The van der Waals surface area contributed by atoms with E-state index in [9.17, 15) is 9.32 Å². The first-order valence-electron chi connectivity index (χ1n) is 10.3. The first-order valence-corrected chi connectivity index (χ1v) is 11.5. The van der Waals surface area contributed by atoms with E-state index in [0.29, 0.717) is 23.8 Å². The van der Waals surface area contributed by atoms with Crippen molar-refractivity contribution in [3.8, 4) is 17.2 Å². The summed E-state index contributed by atoms with van der Waals surface area (Å²) in [6, 6.07) is 13.3. The molecule has 0 fully saturated rings. The van der Waals surface area contributed by atoms with Crippen LogP contribution in [-0.4, -0.2) is 38.8 Å². The van der Waals surface area contributed by atoms with Crippen LogP contribution in [0.3, 0.4) is 0 Å². The molecule has 0 saturated carbocycles. The van der Waals surface area contributed by atoms with Crippen molar-refractivity contribution in [3.63, 3.8) is 0 Å². The van der Waals surface area contributed by atoms with E-state index in [-0.39, 0.29) is 12.5 Å². The van der Waals surface area contributed by atoms with Gasteiger partial charge in [-0.3, -0.25) is 5.14 Å². The number of nitrogens with two attached hydrogens (primary N) is 1. The summed E-state index contributed by atoms with van der Waals surface area (Å²) in [5, 5.41) is 20.5. The number of pyridine rings is 1. The summed E-state index contributed by atoms with van der Waals surface area (Å²) in [6.07, 6.45) is 4.17. The molecule has 0 aliphatic heterocycles. The van der Waals surface area contributed by atoms with Gasteiger partial charge in [-0.2, -0.15) is 5.10 Å². The van der Waals surface area contributed by atoms with Crippen LogP contribution in [0.4, 0.5) is 0 Å². The molecule has 4 aromatic rings. The molecule has 0 radical (unpaired) electrons. The average molecular weight is 451 g/mol. The van der Waals surface area contributed by atoms with Gasteiger partial charge in [0.25, 0.3) is 0 Å². The van der Waals surface area contributed by atoms with Crippen LogP contribution in [0.1, 0.15) is 44.5 Å². The zero-order valence-electron chi connectivity index (χ0n) is 18.3. The summed E-state index contributed by atoms with van der Waals surface area (Å²) in [7, 11) is -1.42. The van der Waals surface area contributed by atoms with E-state index in [4.69, 9.17) is 10.1 Å². The van der Waals surface area contributed by atoms with E-state index in [1.807, 2.05) is 50.2 Å². The van der Waals surface area contributed by atoms with Gasteiger partial charge in [0.15, 0.2) is 11.6 Å². The van der Waals surface area contributed by atoms with E-state index in [0.717, 1.165) is 22.2 Å². The molecule has 1 aromatic carbocycles. The maximum Gasteiger partial charge on any atom is 0.159 e. The molecular formula is C23H26N6O2S. The molecule has 166 valence electrons. The normalized spacial score (nSPS) is 13.9. The Balaban J connectivity index is 1.70. The van der Waals surface area contributed by atoms with Crippen molar-refractivity contribution >= 4 is 21.9 Å². The summed E-state index contributed by atoms with van der Waals surface area (Å²) >= 11 is 0. The molecule has 0 bridgehead atoms. The van der Waals surface area contributed by atoms with Crippen molar-refractivity contribution in [1.29, 1.82) is 0 Å². The second-order valence-corrected chi connectivity index (χ2v) is 10.1. The predicted molar refractivity (Wildman–Crippen MR) is 125 cm³/mol. The van der Waals surface area contributed by atoms with Gasteiger partial charge in [0.1, 0.15) is 0 Å². The zero-order chi connectivity index (χ0) is 22.9. The molecule has 9 heteroatoms. The van der Waals surface area contributed by atoms with E-state index in [2.05, 4.69) is 22.0 Å². The summed E-state index contributed by atoms with van der Waals surface area (Å²) in [6.45, 7) is 5.72. The van der Waals surface area contributed by atoms with Crippen molar-refractivity contribution < 1.29 is 9.32 Å². The van der Waals surface area contributed by atoms with E-state index < -0.39 is 15.7 Å². The highest BCUT2D eigenvalue weighted by molar-refractivity contribution is 7.84. The van der Waals surface area contributed by atoms with Gasteiger partial charge in [-0.25, -0.2) is 23.8 Å². The number of nitrogens with zero attached hydrogens (tertiary/aromatic N) is 5. The Morgan fingerprint density at radius 3 is 2.75 bits per heavy atom. The second kappa shape index (κ2) is 8.85. The number of aromatic nitrogens is 5. The van der Waals surface area contributed by atoms with Gasteiger partial charge >= 0.3 is 0 Å². The third-order valence-corrected chi connectivity index (χ3v) is 6.78. The SMILES string of the molecule is C[C@H](CC(C)(C)S(N)=O)c1ccnc(-c2ccc3cnn(-c4cccc(CO)n4)c3c2)n1. The largest absolute Gasteiger partial charge is 0.390 e. The van der Waals surface area contributed by atoms with Gasteiger partial charge in [-0.1, -0.05) is 25.1 Å². The Labute approximate surface area is 189 Å². The number of hydrogen-bond acceptors (Lipinski definition) is 6. The number of fused-ring (bicyclic) bond motifs is 1. The van der Waals surface area contributed by atoms with E-state index >= 15 is 0 Å². The highest BCUT2D eigenvalue weighted by atomic mass is 32.2. The van der Waals surface area contributed by atoms with Crippen LogP contribution in [0, 0.1) is 0 Å². The maximum atomic E-state index is 11.8. The Morgan fingerprint density at radius 1 is 1.19 bits per heavy atom. The van der Waals surface area contributed by atoms with Crippen molar-refractivity contribution in [3.05, 3.63) is 66.2 Å². The molecule has 8 nitrogen and oxygen atoms in total. The fourth-order valence-electron chi connectivity index (χ4n) is 3.72. The lowest BCUT2D eigenvalue weighted by molar-refractivity contribution is 0.276. The highest BCUT2D eigenvalue weighted by Gasteiger charge is 2.27. The lowest BCUT2D eigenvalue weighted by atomic mass is 9.95. The number of aliphatic hydroxyl groups excluding tert-OH is 1. The minimum absolute atomic E-state index is 0.0685. The van der Waals surface area contributed by atoms with Gasteiger partial charge in [0, 0.05) is 22.8 Å². The highest BCUT2D eigenvalue weighted by Crippen LogP contribution is 2.29. The maximum absolute atomic E-state index is 11.8. The molecular weight excluding hydrogens is 424 g/mol. The minimum atomic E-state index is -1.42. The van der Waals surface area contributed by atoms with Crippen LogP contribution < -0.4 is 5.14 Å². The third-order valence-electron chi connectivity index (χ3n) is 5.52. The number of aliphatic hydroxyl groups is 1. The Morgan fingerprint density at radius 2 is 2.00 bits per heavy atom. The summed E-state index contributed by atoms with van der Waals surface area (Å²) in [5.41, 5.74) is 3.17. The number of hydrogen-bond donors (Lipinski definition) is 2. The van der Waals surface area contributed by atoms with Crippen molar-refractivity contribution in [2.24, 2.45) is 5.14 Å². The molecule has 0 amide bonds. The topological polar surface area (TPSA) is 120 Å². The molecule has 2 atom stereocenters. The smallest absolute Gasteiger partial charge is 0.159 e. The average Bonchev–Trinajstić information content (AvgIpc) is 3.22. The molecule has 1 unspecified atom stereocenters. The third kappa shape index (κ3) is 4.45. The standard InChI is InChI=1S/C23H26N6O2S/c1-15(12-23(2,3)32(24)31)19-9-10-25-22(28-19)16-7-8-17-13-26-29(20(17)11-16)21-6-4-5-18(14-30)27-21/h4-11,13,15,30H,12,14,24H2,1-3H3/t15-,32?/m1/s1. The number of benzene rings is 1. The van der Waals surface area contributed by atoms with Crippen LogP contribution >= 0.6 is 0 Å². The lowest BCUT2D eigenvalue weighted by Gasteiger charge is -2.24. The summed E-state index contributed by atoms with van der Waals surface area (Å²) in [4.78, 5) is 13.7. The molecule has 3 heterocycles. The monoisotopic (exact) mass is 450 g/mol.